The van der Waals surface area contributed by atoms with Gasteiger partial charge in [0.25, 0.3) is 0 Å². The van der Waals surface area contributed by atoms with Crippen LogP contribution < -0.4 is 5.32 Å². The van der Waals surface area contributed by atoms with Gasteiger partial charge in [-0.3, -0.25) is 0 Å². The van der Waals surface area contributed by atoms with Gasteiger partial charge in [0.05, 0.1) is 0 Å². The van der Waals surface area contributed by atoms with Crippen molar-refractivity contribution in [1.82, 2.24) is 5.32 Å². The summed E-state index contributed by atoms with van der Waals surface area (Å²) in [6.07, 6.45) is 2.01. The molecule has 1 rings (SSSR count). The molecule has 94 valence electrons. The topological polar surface area (TPSA) is 12.0 Å². The lowest BCUT2D eigenvalue weighted by molar-refractivity contribution is 0.540. The van der Waals surface area contributed by atoms with E-state index in [9.17, 15) is 0 Å². The SMILES string of the molecule is C=C(CC)CC(NCC)c1cc(Cl)ccc1C. The van der Waals surface area contributed by atoms with E-state index in [-0.39, 0.29) is 0 Å². The van der Waals surface area contributed by atoms with Gasteiger partial charge in [-0.1, -0.05) is 43.7 Å². The Hall–Kier alpha value is -0.790. The Morgan fingerprint density at radius 1 is 1.41 bits per heavy atom. The van der Waals surface area contributed by atoms with Crippen molar-refractivity contribution in [1.29, 1.82) is 0 Å². The summed E-state index contributed by atoms with van der Waals surface area (Å²) in [5.74, 6) is 0. The van der Waals surface area contributed by atoms with E-state index in [1.807, 2.05) is 6.07 Å². The van der Waals surface area contributed by atoms with E-state index in [1.54, 1.807) is 0 Å². The number of rotatable bonds is 6. The highest BCUT2D eigenvalue weighted by molar-refractivity contribution is 6.30. The summed E-state index contributed by atoms with van der Waals surface area (Å²) < 4.78 is 0. The molecule has 1 nitrogen and oxygen atoms in total. The van der Waals surface area contributed by atoms with Gasteiger partial charge in [0.1, 0.15) is 0 Å². The Kier molecular flexibility index (Phi) is 5.73. The summed E-state index contributed by atoms with van der Waals surface area (Å²) in [6.45, 7) is 11.5. The lowest BCUT2D eigenvalue weighted by atomic mass is 9.95. The molecule has 0 aliphatic carbocycles. The van der Waals surface area contributed by atoms with Crippen LogP contribution in [0.2, 0.25) is 5.02 Å². The molecule has 0 saturated carbocycles. The molecule has 1 aromatic carbocycles. The van der Waals surface area contributed by atoms with Crippen molar-refractivity contribution in [3.63, 3.8) is 0 Å². The Labute approximate surface area is 110 Å². The number of halogens is 1. The maximum Gasteiger partial charge on any atom is 0.0409 e. The third kappa shape index (κ3) is 4.18. The minimum absolute atomic E-state index is 0.325. The van der Waals surface area contributed by atoms with E-state index < -0.39 is 0 Å². The lowest BCUT2D eigenvalue weighted by Gasteiger charge is -2.21. The van der Waals surface area contributed by atoms with Crippen LogP contribution in [0.25, 0.3) is 0 Å². The molecule has 1 atom stereocenters. The average Bonchev–Trinajstić information content (AvgIpc) is 2.31. The third-order valence-electron chi connectivity index (χ3n) is 3.06. The van der Waals surface area contributed by atoms with Gasteiger partial charge < -0.3 is 5.32 Å². The fourth-order valence-corrected chi connectivity index (χ4v) is 2.14. The normalized spacial score (nSPS) is 12.5. The Bertz CT molecular complexity index is 385. The molecule has 0 fully saturated rings. The summed E-state index contributed by atoms with van der Waals surface area (Å²) in [5.41, 5.74) is 3.84. The maximum absolute atomic E-state index is 6.08. The van der Waals surface area contributed by atoms with Crippen LogP contribution in [0.15, 0.2) is 30.4 Å². The van der Waals surface area contributed by atoms with Gasteiger partial charge in [-0.25, -0.2) is 0 Å². The number of hydrogen-bond acceptors (Lipinski definition) is 1. The van der Waals surface area contributed by atoms with E-state index >= 15 is 0 Å². The minimum atomic E-state index is 0.325. The molecule has 1 N–H and O–H groups in total. The molecule has 0 radical (unpaired) electrons. The Morgan fingerprint density at radius 3 is 2.71 bits per heavy atom. The number of nitrogens with one attached hydrogen (secondary N) is 1. The highest BCUT2D eigenvalue weighted by Crippen LogP contribution is 2.27. The van der Waals surface area contributed by atoms with Crippen LogP contribution in [-0.2, 0) is 0 Å². The molecule has 2 heteroatoms. The van der Waals surface area contributed by atoms with Gasteiger partial charge in [-0.2, -0.15) is 0 Å². The first-order chi connectivity index (χ1) is 8.08. The van der Waals surface area contributed by atoms with Gasteiger partial charge in [0.2, 0.25) is 0 Å². The summed E-state index contributed by atoms with van der Waals surface area (Å²) in [7, 11) is 0. The second kappa shape index (κ2) is 6.83. The molecule has 0 bridgehead atoms. The first-order valence-corrected chi connectivity index (χ1v) is 6.62. The maximum atomic E-state index is 6.08. The smallest absolute Gasteiger partial charge is 0.0409 e. The van der Waals surface area contributed by atoms with Gasteiger partial charge in [-0.05, 0) is 49.6 Å². The minimum Gasteiger partial charge on any atom is -0.310 e. The van der Waals surface area contributed by atoms with E-state index in [0.29, 0.717) is 6.04 Å². The van der Waals surface area contributed by atoms with E-state index in [0.717, 1.165) is 24.4 Å². The van der Waals surface area contributed by atoms with E-state index in [2.05, 4.69) is 44.8 Å². The molecule has 0 saturated heterocycles. The standard InChI is InChI=1S/C15H22ClN/c1-5-11(3)9-15(17-6-2)14-10-13(16)8-7-12(14)4/h7-8,10,15,17H,3,5-6,9H2,1-2,4H3. The van der Waals surface area contributed by atoms with Crippen LogP contribution in [0.5, 0.6) is 0 Å². The zero-order valence-electron chi connectivity index (χ0n) is 11.0. The van der Waals surface area contributed by atoms with E-state index in [1.165, 1.54) is 16.7 Å². The van der Waals surface area contributed by atoms with Crippen molar-refractivity contribution in [2.45, 2.75) is 39.7 Å². The first-order valence-electron chi connectivity index (χ1n) is 6.24. The van der Waals surface area contributed by atoms with Crippen molar-refractivity contribution in [2.75, 3.05) is 6.54 Å². The molecule has 0 heterocycles. The van der Waals surface area contributed by atoms with Crippen molar-refractivity contribution < 1.29 is 0 Å². The summed E-state index contributed by atoms with van der Waals surface area (Å²) in [5, 5.41) is 4.31. The molecule has 1 unspecified atom stereocenters. The summed E-state index contributed by atoms with van der Waals surface area (Å²) in [4.78, 5) is 0. The highest BCUT2D eigenvalue weighted by atomic mass is 35.5. The molecule has 0 aliphatic heterocycles. The zero-order valence-corrected chi connectivity index (χ0v) is 11.8. The van der Waals surface area contributed by atoms with E-state index in [4.69, 9.17) is 11.6 Å². The van der Waals surface area contributed by atoms with Gasteiger partial charge >= 0.3 is 0 Å². The molecule has 0 spiro atoms. The average molecular weight is 252 g/mol. The molecule has 1 aromatic rings. The van der Waals surface area contributed by atoms with Crippen LogP contribution in [0.1, 0.15) is 43.9 Å². The fraction of sp³-hybridized carbons (Fsp3) is 0.467. The van der Waals surface area contributed by atoms with Crippen molar-refractivity contribution in [2.24, 2.45) is 0 Å². The molecule has 17 heavy (non-hydrogen) atoms. The first kappa shape index (κ1) is 14.3. The molecule has 0 amide bonds. The van der Waals surface area contributed by atoms with Crippen molar-refractivity contribution in [3.8, 4) is 0 Å². The summed E-state index contributed by atoms with van der Waals surface area (Å²) >= 11 is 6.08. The summed E-state index contributed by atoms with van der Waals surface area (Å²) in [6, 6.07) is 6.41. The molecule has 0 aromatic heterocycles. The molecule has 0 aliphatic rings. The van der Waals surface area contributed by atoms with Crippen molar-refractivity contribution >= 4 is 11.6 Å². The predicted molar refractivity (Wildman–Crippen MR) is 76.7 cm³/mol. The molecular formula is C15H22ClN. The second-order valence-corrected chi connectivity index (χ2v) is 4.86. The van der Waals surface area contributed by atoms with Crippen LogP contribution >= 0.6 is 11.6 Å². The quantitative estimate of drug-likeness (QED) is 0.726. The number of benzene rings is 1. The number of aryl methyl sites for hydroxylation is 1. The van der Waals surface area contributed by atoms with Crippen LogP contribution in [0.3, 0.4) is 0 Å². The van der Waals surface area contributed by atoms with Crippen LogP contribution in [-0.4, -0.2) is 6.54 Å². The van der Waals surface area contributed by atoms with Crippen LogP contribution in [0, 0.1) is 6.92 Å². The monoisotopic (exact) mass is 251 g/mol. The number of hydrogen-bond donors (Lipinski definition) is 1. The van der Waals surface area contributed by atoms with Crippen molar-refractivity contribution in [3.05, 3.63) is 46.5 Å². The lowest BCUT2D eigenvalue weighted by Crippen LogP contribution is -2.22. The molecular weight excluding hydrogens is 230 g/mol. The fourth-order valence-electron chi connectivity index (χ4n) is 1.96. The zero-order chi connectivity index (χ0) is 12.8. The Morgan fingerprint density at radius 2 is 2.12 bits per heavy atom. The predicted octanol–water partition coefficient (Wildman–Crippen LogP) is 4.66. The van der Waals surface area contributed by atoms with Gasteiger partial charge in [0, 0.05) is 11.1 Å². The van der Waals surface area contributed by atoms with Crippen LogP contribution in [0.4, 0.5) is 0 Å². The van der Waals surface area contributed by atoms with Gasteiger partial charge in [-0.15, -0.1) is 0 Å². The highest BCUT2D eigenvalue weighted by Gasteiger charge is 2.13. The largest absolute Gasteiger partial charge is 0.310 e. The van der Waals surface area contributed by atoms with Gasteiger partial charge in [0.15, 0.2) is 0 Å². The third-order valence-corrected chi connectivity index (χ3v) is 3.30. The second-order valence-electron chi connectivity index (χ2n) is 4.42. The Balaban J connectivity index is 2.95.